The van der Waals surface area contributed by atoms with Gasteiger partial charge < -0.3 is 15.5 Å². The molecule has 0 aliphatic heterocycles. The van der Waals surface area contributed by atoms with Crippen LogP contribution in [0.4, 0.5) is 13.2 Å². The minimum atomic E-state index is -4.23. The molecule has 1 aromatic rings. The van der Waals surface area contributed by atoms with E-state index in [1.165, 1.54) is 0 Å². The molecule has 0 aromatic heterocycles. The van der Waals surface area contributed by atoms with E-state index in [-0.39, 0.29) is 48.9 Å². The van der Waals surface area contributed by atoms with E-state index in [2.05, 4.69) is 15.6 Å². The molecule has 9 heteroatoms. The third kappa shape index (κ3) is 10.5. The number of hydrogen-bond acceptors (Lipinski definition) is 2. The normalized spacial score (nSPS) is 11.5. The van der Waals surface area contributed by atoms with Crippen LogP contribution in [-0.4, -0.2) is 49.1 Å². The molecule has 0 spiro atoms. The lowest BCUT2D eigenvalue weighted by Gasteiger charge is -2.20. The highest BCUT2D eigenvalue weighted by molar-refractivity contribution is 14.0. The Bertz CT molecular complexity index is 553. The monoisotopic (exact) mass is 486 g/mol. The van der Waals surface area contributed by atoms with Gasteiger partial charge in [-0.05, 0) is 19.4 Å². The number of benzene rings is 1. The van der Waals surface area contributed by atoms with Crippen molar-refractivity contribution >= 4 is 35.8 Å². The molecular formula is C17H26F3IN4O. The van der Waals surface area contributed by atoms with Gasteiger partial charge in [0, 0.05) is 26.2 Å². The zero-order valence-electron chi connectivity index (χ0n) is 15.0. The quantitative estimate of drug-likeness (QED) is 0.337. The fourth-order valence-electron chi connectivity index (χ4n) is 2.09. The Kier molecular flexibility index (Phi) is 12.0. The van der Waals surface area contributed by atoms with Crippen LogP contribution < -0.4 is 10.6 Å². The number of carbonyl (C=O) groups is 1. The zero-order valence-corrected chi connectivity index (χ0v) is 17.3. The van der Waals surface area contributed by atoms with Crippen molar-refractivity contribution in [3.63, 3.8) is 0 Å². The molecule has 0 aliphatic rings. The van der Waals surface area contributed by atoms with Crippen LogP contribution in [0.5, 0.6) is 0 Å². The van der Waals surface area contributed by atoms with E-state index in [0.717, 1.165) is 5.56 Å². The van der Waals surface area contributed by atoms with Crippen molar-refractivity contribution in [1.82, 2.24) is 15.5 Å². The molecule has 0 radical (unpaired) electrons. The Morgan fingerprint density at radius 1 is 1.15 bits per heavy atom. The maximum atomic E-state index is 12.3. The largest absolute Gasteiger partial charge is 0.390 e. The first-order valence-electron chi connectivity index (χ1n) is 8.26. The van der Waals surface area contributed by atoms with Crippen molar-refractivity contribution in [3.8, 4) is 0 Å². The number of rotatable bonds is 8. The van der Waals surface area contributed by atoms with Crippen LogP contribution in [0.1, 0.15) is 25.8 Å². The van der Waals surface area contributed by atoms with Crippen LogP contribution in [0.25, 0.3) is 0 Å². The number of guanidine groups is 1. The summed E-state index contributed by atoms with van der Waals surface area (Å²) in [6.45, 7) is 4.76. The maximum absolute atomic E-state index is 12.3. The Morgan fingerprint density at radius 2 is 1.81 bits per heavy atom. The highest BCUT2D eigenvalue weighted by atomic mass is 127. The summed E-state index contributed by atoms with van der Waals surface area (Å²) in [6.07, 6.45) is -5.19. The van der Waals surface area contributed by atoms with E-state index in [1.807, 2.05) is 37.3 Å². The Morgan fingerprint density at radius 3 is 2.35 bits per heavy atom. The number of amides is 1. The summed E-state index contributed by atoms with van der Waals surface area (Å²) in [4.78, 5) is 18.0. The summed E-state index contributed by atoms with van der Waals surface area (Å²) in [6, 6.07) is 9.57. The molecule has 0 heterocycles. The molecule has 1 rings (SSSR count). The van der Waals surface area contributed by atoms with Crippen LogP contribution in [-0.2, 0) is 11.3 Å². The van der Waals surface area contributed by atoms with E-state index >= 15 is 0 Å². The van der Waals surface area contributed by atoms with E-state index in [1.54, 1.807) is 11.8 Å². The minimum absolute atomic E-state index is 0. The molecule has 1 amide bonds. The van der Waals surface area contributed by atoms with Crippen LogP contribution in [0.3, 0.4) is 0 Å². The first kappa shape index (κ1) is 24.5. The first-order valence-corrected chi connectivity index (χ1v) is 8.26. The molecule has 26 heavy (non-hydrogen) atoms. The van der Waals surface area contributed by atoms with Crippen LogP contribution >= 0.6 is 24.0 Å². The fourth-order valence-corrected chi connectivity index (χ4v) is 2.09. The molecule has 0 aliphatic carbocycles. The summed E-state index contributed by atoms with van der Waals surface area (Å²) in [5, 5.41) is 5.42. The number of likely N-dealkylation sites (N-methyl/N-ethyl adjacent to an activating group) is 1. The molecule has 148 valence electrons. The zero-order chi connectivity index (χ0) is 18.7. The van der Waals surface area contributed by atoms with Gasteiger partial charge in [0.25, 0.3) is 0 Å². The number of alkyl halides is 3. The number of carbonyl (C=O) groups excluding carboxylic acids is 1. The number of nitrogens with one attached hydrogen (secondary N) is 2. The van der Waals surface area contributed by atoms with Crippen molar-refractivity contribution < 1.29 is 18.0 Å². The van der Waals surface area contributed by atoms with E-state index < -0.39 is 12.6 Å². The summed E-state index contributed by atoms with van der Waals surface area (Å²) in [7, 11) is 0. The van der Waals surface area contributed by atoms with Gasteiger partial charge in [0.05, 0.1) is 6.42 Å². The second kappa shape index (κ2) is 12.8. The molecule has 0 atom stereocenters. The summed E-state index contributed by atoms with van der Waals surface area (Å²) in [5.41, 5.74) is 1.01. The highest BCUT2D eigenvalue weighted by Gasteiger charge is 2.26. The molecule has 2 N–H and O–H groups in total. The van der Waals surface area contributed by atoms with E-state index in [4.69, 9.17) is 0 Å². The summed E-state index contributed by atoms with van der Waals surface area (Å²) >= 11 is 0. The van der Waals surface area contributed by atoms with Crippen molar-refractivity contribution in [2.24, 2.45) is 4.99 Å². The standard InChI is InChI=1S/C17H25F3N4O.HI/c1-3-21-16(22-11-10-17(18,19)20)23-12-15(25)24(4-2)13-14-8-6-5-7-9-14;/h5-9H,3-4,10-13H2,1-2H3,(H2,21,22,23);1H. The smallest absolute Gasteiger partial charge is 0.357 e. The fraction of sp³-hybridized carbons (Fsp3) is 0.529. The van der Waals surface area contributed by atoms with Crippen LogP contribution in [0.2, 0.25) is 0 Å². The van der Waals surface area contributed by atoms with E-state index in [0.29, 0.717) is 19.6 Å². The predicted molar refractivity (Wildman–Crippen MR) is 108 cm³/mol. The van der Waals surface area contributed by atoms with Gasteiger partial charge >= 0.3 is 6.18 Å². The number of halogens is 4. The molecule has 5 nitrogen and oxygen atoms in total. The lowest BCUT2D eigenvalue weighted by molar-refractivity contribution is -0.133. The van der Waals surface area contributed by atoms with E-state index in [9.17, 15) is 18.0 Å². The Hall–Kier alpha value is -1.52. The highest BCUT2D eigenvalue weighted by Crippen LogP contribution is 2.18. The average Bonchev–Trinajstić information content (AvgIpc) is 2.57. The molecule has 0 saturated heterocycles. The van der Waals surface area contributed by atoms with Crippen molar-refractivity contribution in [3.05, 3.63) is 35.9 Å². The minimum Gasteiger partial charge on any atom is -0.357 e. The molecule has 0 saturated carbocycles. The number of aliphatic imine (C=N–C) groups is 1. The van der Waals surface area contributed by atoms with Crippen LogP contribution in [0, 0.1) is 0 Å². The third-order valence-corrected chi connectivity index (χ3v) is 3.37. The van der Waals surface area contributed by atoms with Gasteiger partial charge in [0.1, 0.15) is 6.54 Å². The SMILES string of the molecule is CCNC(=NCC(=O)N(CC)Cc1ccccc1)NCCC(F)(F)F.I. The van der Waals surface area contributed by atoms with Crippen molar-refractivity contribution in [2.45, 2.75) is 33.0 Å². The van der Waals surface area contributed by atoms with Gasteiger partial charge in [0.15, 0.2) is 5.96 Å². The van der Waals surface area contributed by atoms with Crippen LogP contribution in [0.15, 0.2) is 35.3 Å². The lowest BCUT2D eigenvalue weighted by atomic mass is 10.2. The van der Waals surface area contributed by atoms with Gasteiger partial charge in [-0.2, -0.15) is 13.2 Å². The van der Waals surface area contributed by atoms with Gasteiger partial charge in [-0.25, -0.2) is 4.99 Å². The summed E-state index contributed by atoms with van der Waals surface area (Å²) in [5.74, 6) is 0.0234. The molecule has 1 aromatic carbocycles. The second-order valence-corrected chi connectivity index (χ2v) is 5.38. The van der Waals surface area contributed by atoms with Gasteiger partial charge in [-0.3, -0.25) is 4.79 Å². The lowest BCUT2D eigenvalue weighted by Crippen LogP contribution is -2.40. The third-order valence-electron chi connectivity index (χ3n) is 3.37. The van der Waals surface area contributed by atoms with Gasteiger partial charge in [-0.15, -0.1) is 24.0 Å². The predicted octanol–water partition coefficient (Wildman–Crippen LogP) is 3.16. The molecule has 0 unspecified atom stereocenters. The molecular weight excluding hydrogens is 460 g/mol. The van der Waals surface area contributed by atoms with Gasteiger partial charge in [-0.1, -0.05) is 30.3 Å². The molecule has 0 bridgehead atoms. The number of hydrogen-bond donors (Lipinski definition) is 2. The van der Waals surface area contributed by atoms with Gasteiger partial charge in [0.2, 0.25) is 5.91 Å². The maximum Gasteiger partial charge on any atom is 0.390 e. The topological polar surface area (TPSA) is 56.7 Å². The summed E-state index contributed by atoms with van der Waals surface area (Å²) < 4.78 is 36.6. The molecule has 0 fully saturated rings. The average molecular weight is 486 g/mol. The first-order chi connectivity index (χ1) is 11.9. The Balaban J connectivity index is 0.00000625. The second-order valence-electron chi connectivity index (χ2n) is 5.38. The Labute approximate surface area is 169 Å². The van der Waals surface area contributed by atoms with Crippen molar-refractivity contribution in [2.75, 3.05) is 26.2 Å². The number of nitrogens with zero attached hydrogens (tertiary/aromatic N) is 2. The van der Waals surface area contributed by atoms with Crippen molar-refractivity contribution in [1.29, 1.82) is 0 Å².